The molecular weight excluding hydrogens is 404 g/mol. The molecular formula is C25H30N4O3. The van der Waals surface area contributed by atoms with Crippen molar-refractivity contribution < 1.29 is 14.3 Å². The average molecular weight is 435 g/mol. The van der Waals surface area contributed by atoms with Crippen molar-refractivity contribution >= 4 is 17.7 Å². The van der Waals surface area contributed by atoms with E-state index in [0.29, 0.717) is 24.2 Å². The maximum Gasteiger partial charge on any atom is 0.412 e. The summed E-state index contributed by atoms with van der Waals surface area (Å²) in [6.45, 7) is 9.89. The molecule has 32 heavy (non-hydrogen) atoms. The molecule has 0 unspecified atom stereocenters. The van der Waals surface area contributed by atoms with Gasteiger partial charge in [-0.05, 0) is 83.0 Å². The van der Waals surface area contributed by atoms with Crippen molar-refractivity contribution in [2.45, 2.75) is 46.6 Å². The lowest BCUT2D eigenvalue weighted by atomic mass is 10.1. The third-order valence-corrected chi connectivity index (χ3v) is 4.66. The second-order valence-electron chi connectivity index (χ2n) is 8.72. The van der Waals surface area contributed by atoms with Crippen molar-refractivity contribution in [2.75, 3.05) is 11.9 Å². The lowest BCUT2D eigenvalue weighted by Crippen LogP contribution is -2.28. The quantitative estimate of drug-likeness (QED) is 0.583. The van der Waals surface area contributed by atoms with Gasteiger partial charge in [0.2, 0.25) is 0 Å². The van der Waals surface area contributed by atoms with Crippen LogP contribution in [0.3, 0.4) is 0 Å². The van der Waals surface area contributed by atoms with Gasteiger partial charge in [0.15, 0.2) is 0 Å². The molecule has 3 rings (SSSR count). The molecule has 0 fully saturated rings. The van der Waals surface area contributed by atoms with Crippen LogP contribution < -0.4 is 10.6 Å². The van der Waals surface area contributed by atoms with Crippen LogP contribution in [0.2, 0.25) is 0 Å². The summed E-state index contributed by atoms with van der Waals surface area (Å²) in [6, 6.07) is 17.0. The van der Waals surface area contributed by atoms with E-state index in [1.165, 1.54) is 0 Å². The summed E-state index contributed by atoms with van der Waals surface area (Å²) in [6.07, 6.45) is 0.151. The van der Waals surface area contributed by atoms with Crippen molar-refractivity contribution in [2.24, 2.45) is 0 Å². The van der Waals surface area contributed by atoms with Gasteiger partial charge in [0, 0.05) is 23.5 Å². The van der Waals surface area contributed by atoms with E-state index in [9.17, 15) is 9.59 Å². The Morgan fingerprint density at radius 2 is 1.75 bits per heavy atom. The number of anilines is 1. The number of rotatable bonds is 6. The SMILES string of the molecule is Cc1cc(C)n(-c2ccc(CCNC(=O)c3cccc(NC(=O)OC(C)(C)C)c3)cc2)n1. The number of benzene rings is 2. The summed E-state index contributed by atoms with van der Waals surface area (Å²) >= 11 is 0. The van der Waals surface area contributed by atoms with E-state index in [0.717, 1.165) is 22.6 Å². The molecule has 2 amide bonds. The number of hydrogen-bond acceptors (Lipinski definition) is 4. The third kappa shape index (κ3) is 6.44. The molecule has 0 radical (unpaired) electrons. The minimum absolute atomic E-state index is 0.197. The maximum atomic E-state index is 12.5. The van der Waals surface area contributed by atoms with E-state index in [2.05, 4.69) is 15.7 Å². The van der Waals surface area contributed by atoms with Gasteiger partial charge in [-0.15, -0.1) is 0 Å². The van der Waals surface area contributed by atoms with Gasteiger partial charge in [0.25, 0.3) is 5.91 Å². The predicted molar refractivity (Wildman–Crippen MR) is 125 cm³/mol. The second kappa shape index (κ2) is 9.68. The van der Waals surface area contributed by atoms with Crippen molar-refractivity contribution in [3.63, 3.8) is 0 Å². The standard InChI is InChI=1S/C25H30N4O3/c1-17-15-18(2)29(28-17)22-11-9-19(10-12-22)13-14-26-23(30)20-7-6-8-21(16-20)27-24(31)32-25(3,4)5/h6-12,15-16H,13-14H2,1-5H3,(H,26,30)(H,27,31). The Bertz CT molecular complexity index is 1100. The van der Waals surface area contributed by atoms with Gasteiger partial charge in [-0.25, -0.2) is 9.48 Å². The normalized spacial score (nSPS) is 11.2. The minimum Gasteiger partial charge on any atom is -0.444 e. The van der Waals surface area contributed by atoms with Crippen molar-refractivity contribution in [1.82, 2.24) is 15.1 Å². The van der Waals surface area contributed by atoms with Gasteiger partial charge in [-0.3, -0.25) is 10.1 Å². The number of ether oxygens (including phenoxy) is 1. The predicted octanol–water partition coefficient (Wildman–Crippen LogP) is 4.81. The highest BCUT2D eigenvalue weighted by Crippen LogP contribution is 2.15. The van der Waals surface area contributed by atoms with Crippen LogP contribution in [0, 0.1) is 13.8 Å². The Balaban J connectivity index is 1.52. The van der Waals surface area contributed by atoms with Gasteiger partial charge in [-0.1, -0.05) is 18.2 Å². The van der Waals surface area contributed by atoms with Crippen LogP contribution in [0.1, 0.15) is 48.1 Å². The van der Waals surface area contributed by atoms with Gasteiger partial charge in [-0.2, -0.15) is 5.10 Å². The Morgan fingerprint density at radius 1 is 1.03 bits per heavy atom. The molecule has 2 N–H and O–H groups in total. The second-order valence-corrected chi connectivity index (χ2v) is 8.72. The number of aromatic nitrogens is 2. The molecule has 0 aliphatic carbocycles. The maximum absolute atomic E-state index is 12.5. The summed E-state index contributed by atoms with van der Waals surface area (Å²) in [5.41, 5.74) is 4.59. The van der Waals surface area contributed by atoms with Crippen LogP contribution in [0.25, 0.3) is 5.69 Å². The number of carbonyl (C=O) groups is 2. The van der Waals surface area contributed by atoms with E-state index in [4.69, 9.17) is 4.74 Å². The number of hydrogen-bond donors (Lipinski definition) is 2. The lowest BCUT2D eigenvalue weighted by Gasteiger charge is -2.19. The van der Waals surface area contributed by atoms with Crippen LogP contribution >= 0.6 is 0 Å². The molecule has 0 aliphatic rings. The van der Waals surface area contributed by atoms with Crippen LogP contribution in [-0.4, -0.2) is 33.9 Å². The number of carbonyl (C=O) groups excluding carboxylic acids is 2. The molecule has 1 aromatic heterocycles. The van der Waals surface area contributed by atoms with Gasteiger partial charge in [0.1, 0.15) is 5.60 Å². The number of nitrogens with zero attached hydrogens (tertiary/aromatic N) is 2. The molecule has 0 aliphatic heterocycles. The largest absolute Gasteiger partial charge is 0.444 e. The topological polar surface area (TPSA) is 85.2 Å². The fourth-order valence-electron chi connectivity index (χ4n) is 3.28. The highest BCUT2D eigenvalue weighted by molar-refractivity contribution is 5.96. The molecule has 2 aromatic carbocycles. The smallest absolute Gasteiger partial charge is 0.412 e. The average Bonchev–Trinajstić information content (AvgIpc) is 3.05. The lowest BCUT2D eigenvalue weighted by molar-refractivity contribution is 0.0635. The first kappa shape index (κ1) is 23.1. The number of nitrogens with one attached hydrogen (secondary N) is 2. The van der Waals surface area contributed by atoms with E-state index in [1.54, 1.807) is 45.0 Å². The fourth-order valence-corrected chi connectivity index (χ4v) is 3.28. The molecule has 168 valence electrons. The zero-order chi connectivity index (χ0) is 23.3. The van der Waals surface area contributed by atoms with E-state index < -0.39 is 11.7 Å². The molecule has 7 heteroatoms. The molecule has 1 heterocycles. The van der Waals surface area contributed by atoms with Crippen LogP contribution in [0.4, 0.5) is 10.5 Å². The molecule has 0 atom stereocenters. The summed E-state index contributed by atoms with van der Waals surface area (Å²) in [5.74, 6) is -0.197. The van der Waals surface area contributed by atoms with E-state index >= 15 is 0 Å². The molecule has 0 saturated heterocycles. The molecule has 3 aromatic rings. The summed E-state index contributed by atoms with van der Waals surface area (Å²) in [5, 5.41) is 10.1. The van der Waals surface area contributed by atoms with Crippen molar-refractivity contribution in [3.8, 4) is 5.69 Å². The summed E-state index contributed by atoms with van der Waals surface area (Å²) in [4.78, 5) is 24.4. The molecule has 0 spiro atoms. The Labute approximate surface area is 188 Å². The fraction of sp³-hybridized carbons (Fsp3) is 0.320. The highest BCUT2D eigenvalue weighted by Gasteiger charge is 2.16. The zero-order valence-electron chi connectivity index (χ0n) is 19.2. The first-order valence-electron chi connectivity index (χ1n) is 10.6. The number of aryl methyl sites for hydroxylation is 2. The van der Waals surface area contributed by atoms with Gasteiger partial charge < -0.3 is 10.1 Å². The molecule has 7 nitrogen and oxygen atoms in total. The van der Waals surface area contributed by atoms with Gasteiger partial charge >= 0.3 is 6.09 Å². The number of amides is 2. The molecule has 0 bridgehead atoms. The van der Waals surface area contributed by atoms with E-state index in [-0.39, 0.29) is 5.91 Å². The zero-order valence-corrected chi connectivity index (χ0v) is 19.2. The van der Waals surface area contributed by atoms with Crippen molar-refractivity contribution in [3.05, 3.63) is 77.1 Å². The van der Waals surface area contributed by atoms with Crippen LogP contribution in [0.15, 0.2) is 54.6 Å². The minimum atomic E-state index is -0.590. The van der Waals surface area contributed by atoms with Crippen LogP contribution in [0.5, 0.6) is 0 Å². The van der Waals surface area contributed by atoms with E-state index in [1.807, 2.05) is 48.9 Å². The summed E-state index contributed by atoms with van der Waals surface area (Å²) in [7, 11) is 0. The Kier molecular flexibility index (Phi) is 6.98. The molecule has 0 saturated carbocycles. The van der Waals surface area contributed by atoms with Crippen molar-refractivity contribution in [1.29, 1.82) is 0 Å². The summed E-state index contributed by atoms with van der Waals surface area (Å²) < 4.78 is 7.16. The Morgan fingerprint density at radius 3 is 2.38 bits per heavy atom. The first-order chi connectivity index (χ1) is 15.1. The van der Waals surface area contributed by atoms with Gasteiger partial charge in [0.05, 0.1) is 11.4 Å². The monoisotopic (exact) mass is 434 g/mol. The third-order valence-electron chi connectivity index (χ3n) is 4.66. The Hall–Kier alpha value is -3.61. The highest BCUT2D eigenvalue weighted by atomic mass is 16.6. The van der Waals surface area contributed by atoms with Crippen LogP contribution in [-0.2, 0) is 11.2 Å². The first-order valence-corrected chi connectivity index (χ1v) is 10.6.